The molecule has 1 rings (SSSR count). The van der Waals surface area contributed by atoms with Crippen molar-refractivity contribution in [2.75, 3.05) is 0 Å². The summed E-state index contributed by atoms with van der Waals surface area (Å²) < 4.78 is 0. The van der Waals surface area contributed by atoms with E-state index < -0.39 is 0 Å². The highest BCUT2D eigenvalue weighted by Gasteiger charge is 2.24. The summed E-state index contributed by atoms with van der Waals surface area (Å²) in [6.45, 7) is 3.82. The van der Waals surface area contributed by atoms with E-state index in [1.807, 2.05) is 13.8 Å². The Morgan fingerprint density at radius 1 is 1.46 bits per heavy atom. The minimum absolute atomic E-state index is 0.0117. The average Bonchev–Trinajstić information content (AvgIpc) is 2.34. The molecule has 0 radical (unpaired) electrons. The molecular formula is C10H18N2O. The minimum Gasteiger partial charge on any atom is -0.348 e. The topological polar surface area (TPSA) is 55.1 Å². The van der Waals surface area contributed by atoms with Crippen LogP contribution in [0.2, 0.25) is 0 Å². The summed E-state index contributed by atoms with van der Waals surface area (Å²) in [6.07, 6.45) is 4.79. The van der Waals surface area contributed by atoms with Gasteiger partial charge >= 0.3 is 0 Å². The lowest BCUT2D eigenvalue weighted by Gasteiger charge is -2.15. The first-order valence-electron chi connectivity index (χ1n) is 4.80. The standard InChI is InChI=1S/C10H18N2O/c1-7(2)6-10(13)12-9-5-3-4-8(9)11/h6,8-9H,3-5,11H2,1-2H3,(H,12,13). The maximum absolute atomic E-state index is 11.3. The Morgan fingerprint density at radius 2 is 2.15 bits per heavy atom. The zero-order chi connectivity index (χ0) is 9.84. The van der Waals surface area contributed by atoms with Crippen LogP contribution in [0.1, 0.15) is 33.1 Å². The maximum atomic E-state index is 11.3. The summed E-state index contributed by atoms with van der Waals surface area (Å²) in [6, 6.07) is 0.331. The molecule has 1 fully saturated rings. The molecule has 0 bridgehead atoms. The second-order valence-corrected chi connectivity index (χ2v) is 3.93. The molecule has 3 nitrogen and oxygen atoms in total. The van der Waals surface area contributed by atoms with Crippen molar-refractivity contribution in [2.24, 2.45) is 5.73 Å². The van der Waals surface area contributed by atoms with Crippen molar-refractivity contribution < 1.29 is 4.79 Å². The van der Waals surface area contributed by atoms with Crippen LogP contribution in [0.3, 0.4) is 0 Å². The number of allylic oxidation sites excluding steroid dienone is 1. The summed E-state index contributed by atoms with van der Waals surface area (Å²) in [5.41, 5.74) is 6.84. The Morgan fingerprint density at radius 3 is 2.62 bits per heavy atom. The molecule has 0 aromatic rings. The van der Waals surface area contributed by atoms with E-state index in [1.54, 1.807) is 6.08 Å². The Balaban J connectivity index is 2.40. The van der Waals surface area contributed by atoms with Crippen LogP contribution in [0.4, 0.5) is 0 Å². The van der Waals surface area contributed by atoms with Gasteiger partial charge in [-0.15, -0.1) is 0 Å². The third kappa shape index (κ3) is 3.19. The highest BCUT2D eigenvalue weighted by molar-refractivity contribution is 5.88. The Bertz CT molecular complexity index is 219. The van der Waals surface area contributed by atoms with Crippen LogP contribution in [0.25, 0.3) is 0 Å². The van der Waals surface area contributed by atoms with Gasteiger partial charge in [0.1, 0.15) is 0 Å². The van der Waals surface area contributed by atoms with Crippen molar-refractivity contribution in [2.45, 2.75) is 45.2 Å². The summed E-state index contributed by atoms with van der Waals surface area (Å²) in [5.74, 6) is -0.0117. The monoisotopic (exact) mass is 182 g/mol. The van der Waals surface area contributed by atoms with E-state index >= 15 is 0 Å². The molecule has 3 heteroatoms. The van der Waals surface area contributed by atoms with E-state index in [-0.39, 0.29) is 18.0 Å². The number of hydrogen-bond acceptors (Lipinski definition) is 2. The van der Waals surface area contributed by atoms with Gasteiger partial charge in [0, 0.05) is 18.2 Å². The van der Waals surface area contributed by atoms with Crippen LogP contribution in [-0.2, 0) is 4.79 Å². The lowest BCUT2D eigenvalue weighted by molar-refractivity contribution is -0.117. The first kappa shape index (κ1) is 10.3. The predicted molar refractivity (Wildman–Crippen MR) is 53.2 cm³/mol. The molecule has 0 aromatic carbocycles. The van der Waals surface area contributed by atoms with Crippen LogP contribution in [0.15, 0.2) is 11.6 Å². The van der Waals surface area contributed by atoms with Gasteiger partial charge in [-0.3, -0.25) is 4.79 Å². The van der Waals surface area contributed by atoms with E-state index in [4.69, 9.17) is 5.73 Å². The molecule has 2 unspecified atom stereocenters. The Hall–Kier alpha value is -0.830. The number of nitrogens with one attached hydrogen (secondary N) is 1. The van der Waals surface area contributed by atoms with Crippen molar-refractivity contribution in [3.05, 3.63) is 11.6 Å². The molecule has 1 aliphatic rings. The summed E-state index contributed by atoms with van der Waals surface area (Å²) >= 11 is 0. The van der Waals surface area contributed by atoms with E-state index in [9.17, 15) is 4.79 Å². The van der Waals surface area contributed by atoms with Gasteiger partial charge in [-0.1, -0.05) is 5.57 Å². The van der Waals surface area contributed by atoms with Crippen molar-refractivity contribution >= 4 is 5.91 Å². The number of rotatable bonds is 2. The van der Waals surface area contributed by atoms with Gasteiger partial charge in [-0.25, -0.2) is 0 Å². The molecule has 1 amide bonds. The van der Waals surface area contributed by atoms with Crippen LogP contribution in [0, 0.1) is 0 Å². The number of nitrogens with two attached hydrogens (primary N) is 1. The van der Waals surface area contributed by atoms with Crippen LogP contribution < -0.4 is 11.1 Å². The van der Waals surface area contributed by atoms with Crippen LogP contribution in [0.5, 0.6) is 0 Å². The molecule has 74 valence electrons. The molecule has 2 atom stereocenters. The van der Waals surface area contributed by atoms with E-state index in [0.29, 0.717) is 0 Å². The van der Waals surface area contributed by atoms with Gasteiger partial charge in [0.05, 0.1) is 0 Å². The quantitative estimate of drug-likeness (QED) is 0.625. The normalized spacial score (nSPS) is 27.0. The van der Waals surface area contributed by atoms with Gasteiger partial charge in [-0.05, 0) is 33.1 Å². The van der Waals surface area contributed by atoms with Gasteiger partial charge in [-0.2, -0.15) is 0 Å². The van der Waals surface area contributed by atoms with Crippen molar-refractivity contribution in [3.63, 3.8) is 0 Å². The second kappa shape index (κ2) is 4.42. The largest absolute Gasteiger partial charge is 0.348 e. The maximum Gasteiger partial charge on any atom is 0.244 e. The first-order valence-corrected chi connectivity index (χ1v) is 4.80. The number of amides is 1. The molecule has 0 aromatic heterocycles. The van der Waals surface area contributed by atoms with Gasteiger partial charge in [0.2, 0.25) is 5.91 Å². The zero-order valence-electron chi connectivity index (χ0n) is 8.34. The van der Waals surface area contributed by atoms with Crippen LogP contribution in [-0.4, -0.2) is 18.0 Å². The molecule has 1 aliphatic carbocycles. The number of hydrogen-bond donors (Lipinski definition) is 2. The fourth-order valence-electron chi connectivity index (χ4n) is 1.65. The third-order valence-corrected chi connectivity index (χ3v) is 2.32. The van der Waals surface area contributed by atoms with Gasteiger partial charge in [0.15, 0.2) is 0 Å². The lowest BCUT2D eigenvalue weighted by atomic mass is 10.2. The Labute approximate surface area is 79.4 Å². The Kier molecular flexibility index (Phi) is 3.48. The first-order chi connectivity index (χ1) is 6.09. The number of carbonyl (C=O) groups excluding carboxylic acids is 1. The van der Waals surface area contributed by atoms with E-state index in [1.165, 1.54) is 0 Å². The van der Waals surface area contributed by atoms with Crippen molar-refractivity contribution in [1.29, 1.82) is 0 Å². The lowest BCUT2D eigenvalue weighted by Crippen LogP contribution is -2.43. The molecule has 0 spiro atoms. The SMILES string of the molecule is CC(C)=CC(=O)NC1CCCC1N. The molecular weight excluding hydrogens is 164 g/mol. The number of carbonyl (C=O) groups is 1. The molecule has 0 saturated heterocycles. The van der Waals surface area contributed by atoms with Crippen molar-refractivity contribution in [1.82, 2.24) is 5.32 Å². The molecule has 1 saturated carbocycles. The molecule has 13 heavy (non-hydrogen) atoms. The van der Waals surface area contributed by atoms with E-state index in [0.717, 1.165) is 24.8 Å². The van der Waals surface area contributed by atoms with Gasteiger partial charge in [0.25, 0.3) is 0 Å². The molecule has 3 N–H and O–H groups in total. The average molecular weight is 182 g/mol. The van der Waals surface area contributed by atoms with Gasteiger partial charge < -0.3 is 11.1 Å². The second-order valence-electron chi connectivity index (χ2n) is 3.93. The summed E-state index contributed by atoms with van der Waals surface area (Å²) in [4.78, 5) is 11.3. The van der Waals surface area contributed by atoms with E-state index in [2.05, 4.69) is 5.32 Å². The minimum atomic E-state index is -0.0117. The summed E-state index contributed by atoms with van der Waals surface area (Å²) in [5, 5.41) is 2.92. The summed E-state index contributed by atoms with van der Waals surface area (Å²) in [7, 11) is 0. The van der Waals surface area contributed by atoms with Crippen LogP contribution >= 0.6 is 0 Å². The fraction of sp³-hybridized carbons (Fsp3) is 0.700. The third-order valence-electron chi connectivity index (χ3n) is 2.32. The molecule has 0 heterocycles. The smallest absolute Gasteiger partial charge is 0.244 e. The fourth-order valence-corrected chi connectivity index (χ4v) is 1.65. The highest BCUT2D eigenvalue weighted by Crippen LogP contribution is 2.16. The highest BCUT2D eigenvalue weighted by atomic mass is 16.1. The molecule has 0 aliphatic heterocycles. The van der Waals surface area contributed by atoms with Crippen molar-refractivity contribution in [3.8, 4) is 0 Å². The predicted octanol–water partition coefficient (Wildman–Crippen LogP) is 0.949. The zero-order valence-corrected chi connectivity index (χ0v) is 8.34.